The normalized spacial score (nSPS) is 20.1. The molecule has 2 aliphatic rings. The highest BCUT2D eigenvalue weighted by Crippen LogP contribution is 2.39. The number of nitrogens with one attached hydrogen (secondary N) is 1. The molecule has 5 rings (SSSR count). The van der Waals surface area contributed by atoms with E-state index in [9.17, 15) is 13.2 Å². The average Bonchev–Trinajstić information content (AvgIpc) is 3.44. The largest absolute Gasteiger partial charge is 0.490 e. The summed E-state index contributed by atoms with van der Waals surface area (Å²) in [5.74, 6) is -1.69. The number of carboxylic acids is 1. The van der Waals surface area contributed by atoms with Crippen LogP contribution in [0.1, 0.15) is 60.6 Å². The number of hydrogen-bond acceptors (Lipinski definition) is 5. The minimum absolute atomic E-state index is 0.341. The summed E-state index contributed by atoms with van der Waals surface area (Å²) in [6.07, 6.45) is 0.823. The number of aliphatic carboxylic acids is 1. The van der Waals surface area contributed by atoms with Crippen LogP contribution in [0, 0.1) is 5.41 Å². The van der Waals surface area contributed by atoms with E-state index in [1.807, 2.05) is 29.5 Å². The van der Waals surface area contributed by atoms with E-state index in [2.05, 4.69) is 23.7 Å². The lowest BCUT2D eigenvalue weighted by molar-refractivity contribution is -0.192. The molecule has 1 aliphatic carbocycles. The third kappa shape index (κ3) is 5.72. The van der Waals surface area contributed by atoms with E-state index in [1.54, 1.807) is 0 Å². The van der Waals surface area contributed by atoms with Crippen LogP contribution < -0.4 is 0 Å². The molecule has 184 valence electrons. The first-order chi connectivity index (χ1) is 15.9. The van der Waals surface area contributed by atoms with Gasteiger partial charge in [-0.2, -0.15) is 13.2 Å². The number of carboxylic acid groups (broad SMARTS) is 1. The summed E-state index contributed by atoms with van der Waals surface area (Å²) in [7, 11) is 0. The smallest absolute Gasteiger partial charge is 0.475 e. The van der Waals surface area contributed by atoms with Crippen molar-refractivity contribution in [1.82, 2.24) is 19.9 Å². The van der Waals surface area contributed by atoms with Gasteiger partial charge >= 0.3 is 12.1 Å². The number of aromatic nitrogens is 3. The standard InChI is InChI=1S/C21H25ClN4S.C2HF3O2/c1-21(2)8-7-15-18(11-21)27-19(23-15)12-26-9-3-4-17(26)20-24-14-6-5-13(22)10-16(14)25-20;3-2(4,5)1(6)7/h5-6,10,17H,3-4,7-9,11-12H2,1-2H3,(H,24,25);(H,6,7). The topological polar surface area (TPSA) is 82.1 Å². The molecule has 2 aromatic heterocycles. The molecule has 1 saturated heterocycles. The van der Waals surface area contributed by atoms with Crippen LogP contribution in [0.25, 0.3) is 11.0 Å². The predicted octanol–water partition coefficient (Wildman–Crippen LogP) is 6.16. The predicted molar refractivity (Wildman–Crippen MR) is 125 cm³/mol. The molecule has 0 spiro atoms. The van der Waals surface area contributed by atoms with Crippen molar-refractivity contribution in [2.45, 2.75) is 64.7 Å². The first kappa shape index (κ1) is 24.9. The van der Waals surface area contributed by atoms with Crippen LogP contribution in [0.4, 0.5) is 13.2 Å². The fourth-order valence-corrected chi connectivity index (χ4v) is 6.05. The van der Waals surface area contributed by atoms with Gasteiger partial charge in [0.2, 0.25) is 0 Å². The van der Waals surface area contributed by atoms with Gasteiger partial charge in [-0.3, -0.25) is 4.90 Å². The summed E-state index contributed by atoms with van der Waals surface area (Å²) in [4.78, 5) is 26.3. The Bertz CT molecular complexity index is 1190. The molecule has 0 amide bonds. The van der Waals surface area contributed by atoms with E-state index in [0.717, 1.165) is 47.8 Å². The maximum absolute atomic E-state index is 10.6. The van der Waals surface area contributed by atoms with Crippen LogP contribution in [0.2, 0.25) is 5.02 Å². The second-order valence-corrected chi connectivity index (χ2v) is 11.1. The van der Waals surface area contributed by atoms with Gasteiger partial charge in [0.15, 0.2) is 0 Å². The summed E-state index contributed by atoms with van der Waals surface area (Å²) < 4.78 is 31.7. The number of hydrogen-bond donors (Lipinski definition) is 2. The molecule has 2 N–H and O–H groups in total. The van der Waals surface area contributed by atoms with Crippen molar-refractivity contribution < 1.29 is 23.1 Å². The van der Waals surface area contributed by atoms with E-state index < -0.39 is 12.1 Å². The molecule has 6 nitrogen and oxygen atoms in total. The van der Waals surface area contributed by atoms with Gasteiger partial charge < -0.3 is 10.1 Å². The molecular formula is C23H26ClF3N4O2S. The van der Waals surface area contributed by atoms with Crippen LogP contribution in [0.3, 0.4) is 0 Å². The number of fused-ring (bicyclic) bond motifs is 2. The molecule has 1 unspecified atom stereocenters. The Morgan fingerprint density at radius 3 is 2.79 bits per heavy atom. The first-order valence-electron chi connectivity index (χ1n) is 11.1. The Morgan fingerprint density at radius 1 is 1.35 bits per heavy atom. The van der Waals surface area contributed by atoms with Gasteiger partial charge in [0.05, 0.1) is 29.3 Å². The maximum atomic E-state index is 10.6. The highest BCUT2D eigenvalue weighted by atomic mass is 35.5. The molecular weight excluding hydrogens is 489 g/mol. The fourth-order valence-electron chi connectivity index (χ4n) is 4.48. The van der Waals surface area contributed by atoms with Crippen LogP contribution in [0.15, 0.2) is 18.2 Å². The minimum atomic E-state index is -5.08. The van der Waals surface area contributed by atoms with Gasteiger partial charge in [0.1, 0.15) is 10.8 Å². The lowest BCUT2D eigenvalue weighted by atomic mass is 9.79. The number of benzene rings is 1. The summed E-state index contributed by atoms with van der Waals surface area (Å²) >= 11 is 8.06. The van der Waals surface area contributed by atoms with Gasteiger partial charge in [-0.25, -0.2) is 14.8 Å². The molecule has 0 bridgehead atoms. The van der Waals surface area contributed by atoms with Crippen molar-refractivity contribution in [1.29, 1.82) is 0 Å². The fraction of sp³-hybridized carbons (Fsp3) is 0.522. The quantitative estimate of drug-likeness (QED) is 0.437. The van der Waals surface area contributed by atoms with Crippen molar-refractivity contribution >= 4 is 39.9 Å². The van der Waals surface area contributed by atoms with Gasteiger partial charge in [-0.05, 0) is 62.3 Å². The van der Waals surface area contributed by atoms with Crippen LogP contribution in [-0.4, -0.2) is 43.6 Å². The number of thiazole rings is 1. The Labute approximate surface area is 204 Å². The van der Waals surface area contributed by atoms with Crippen molar-refractivity contribution in [2.75, 3.05) is 6.54 Å². The van der Waals surface area contributed by atoms with Crippen LogP contribution in [-0.2, 0) is 24.2 Å². The summed E-state index contributed by atoms with van der Waals surface area (Å²) in [6, 6.07) is 6.20. The maximum Gasteiger partial charge on any atom is 0.490 e. The number of alkyl halides is 3. The van der Waals surface area contributed by atoms with E-state index in [1.165, 1.54) is 34.8 Å². The Hall–Kier alpha value is -2.17. The van der Waals surface area contributed by atoms with E-state index in [0.29, 0.717) is 11.5 Å². The van der Waals surface area contributed by atoms with E-state index in [4.69, 9.17) is 31.5 Å². The van der Waals surface area contributed by atoms with Crippen molar-refractivity contribution in [2.24, 2.45) is 5.41 Å². The molecule has 0 radical (unpaired) electrons. The molecule has 1 fully saturated rings. The zero-order valence-corrected chi connectivity index (χ0v) is 20.4. The lowest BCUT2D eigenvalue weighted by Crippen LogP contribution is -2.23. The average molecular weight is 515 g/mol. The molecule has 1 aliphatic heterocycles. The second-order valence-electron chi connectivity index (χ2n) is 9.53. The Morgan fingerprint density at radius 2 is 2.09 bits per heavy atom. The highest BCUT2D eigenvalue weighted by molar-refractivity contribution is 7.11. The third-order valence-corrected chi connectivity index (χ3v) is 7.54. The zero-order chi connectivity index (χ0) is 24.7. The molecule has 0 saturated carbocycles. The number of aryl methyl sites for hydroxylation is 1. The highest BCUT2D eigenvalue weighted by Gasteiger charge is 2.38. The summed E-state index contributed by atoms with van der Waals surface area (Å²) in [6.45, 7) is 6.79. The molecule has 1 aromatic carbocycles. The molecule has 3 heterocycles. The van der Waals surface area contributed by atoms with Gasteiger partial charge in [0.25, 0.3) is 0 Å². The summed E-state index contributed by atoms with van der Waals surface area (Å²) in [5, 5.41) is 9.14. The molecule has 34 heavy (non-hydrogen) atoms. The number of rotatable bonds is 3. The Kier molecular flexibility index (Phi) is 6.94. The van der Waals surface area contributed by atoms with Crippen molar-refractivity contribution in [3.05, 3.63) is 44.6 Å². The van der Waals surface area contributed by atoms with Gasteiger partial charge in [0, 0.05) is 9.90 Å². The van der Waals surface area contributed by atoms with Crippen molar-refractivity contribution in [3.63, 3.8) is 0 Å². The van der Waals surface area contributed by atoms with E-state index >= 15 is 0 Å². The number of aromatic amines is 1. The molecule has 1 atom stereocenters. The number of H-pyrrole nitrogens is 1. The number of carbonyl (C=O) groups is 1. The lowest BCUT2D eigenvalue weighted by Gasteiger charge is -2.28. The zero-order valence-electron chi connectivity index (χ0n) is 18.9. The minimum Gasteiger partial charge on any atom is -0.475 e. The first-order valence-corrected chi connectivity index (χ1v) is 12.3. The number of likely N-dealkylation sites (tertiary alicyclic amines) is 1. The number of nitrogens with zero attached hydrogens (tertiary/aromatic N) is 3. The van der Waals surface area contributed by atoms with E-state index in [-0.39, 0.29) is 0 Å². The second kappa shape index (κ2) is 9.47. The van der Waals surface area contributed by atoms with Gasteiger partial charge in [-0.1, -0.05) is 25.4 Å². The Balaban J connectivity index is 0.000000344. The molecule has 11 heteroatoms. The number of imidazole rings is 1. The SMILES string of the molecule is CC1(C)CCc2nc(CN3CCCC3c3nc4ccc(Cl)cc4[nH]3)sc2C1.O=C(O)C(F)(F)F. The van der Waals surface area contributed by atoms with Gasteiger partial charge in [-0.15, -0.1) is 11.3 Å². The number of halogens is 4. The van der Waals surface area contributed by atoms with Crippen molar-refractivity contribution in [3.8, 4) is 0 Å². The van der Waals surface area contributed by atoms with Crippen LogP contribution >= 0.6 is 22.9 Å². The molecule has 3 aromatic rings. The third-order valence-electron chi connectivity index (χ3n) is 6.22. The monoisotopic (exact) mass is 514 g/mol. The summed E-state index contributed by atoms with van der Waals surface area (Å²) in [5.41, 5.74) is 3.79. The van der Waals surface area contributed by atoms with Crippen LogP contribution in [0.5, 0.6) is 0 Å².